The van der Waals surface area contributed by atoms with Gasteiger partial charge in [-0.15, -0.1) is 0 Å². The number of nitrogens with zero attached hydrogens (tertiary/aromatic N) is 1. The Bertz CT molecular complexity index is 467. The maximum absolute atomic E-state index is 12.3. The molecule has 0 spiro atoms. The molecule has 0 radical (unpaired) electrons. The van der Waals surface area contributed by atoms with Crippen molar-refractivity contribution in [2.24, 2.45) is 0 Å². The molecule has 1 heterocycles. The lowest BCUT2D eigenvalue weighted by molar-refractivity contribution is -0.0331. The molecule has 0 N–H and O–H groups in total. The zero-order chi connectivity index (χ0) is 14.8. The maximum Gasteiger partial charge on any atom is 0.410 e. The van der Waals surface area contributed by atoms with Crippen molar-refractivity contribution >= 4 is 22.0 Å². The van der Waals surface area contributed by atoms with Crippen LogP contribution in [0.2, 0.25) is 0 Å². The Kier molecular flexibility index (Phi) is 4.70. The van der Waals surface area contributed by atoms with Crippen molar-refractivity contribution in [2.75, 3.05) is 19.8 Å². The van der Waals surface area contributed by atoms with Crippen molar-refractivity contribution in [2.45, 2.75) is 32.4 Å². The molecule has 5 heteroatoms. The number of halogens is 1. The third-order valence-electron chi connectivity index (χ3n) is 3.01. The summed E-state index contributed by atoms with van der Waals surface area (Å²) >= 11 is 3.42. The first kappa shape index (κ1) is 15.3. The van der Waals surface area contributed by atoms with E-state index in [1.54, 1.807) is 4.90 Å². The average Bonchev–Trinajstić information content (AvgIpc) is 2.38. The van der Waals surface area contributed by atoms with Gasteiger partial charge in [-0.3, -0.25) is 4.90 Å². The van der Waals surface area contributed by atoms with Gasteiger partial charge < -0.3 is 9.47 Å². The molecule has 1 aliphatic rings. The van der Waals surface area contributed by atoms with Crippen molar-refractivity contribution in [1.82, 2.24) is 4.90 Å². The summed E-state index contributed by atoms with van der Waals surface area (Å²) in [5.74, 6) is 0. The second kappa shape index (κ2) is 6.14. The summed E-state index contributed by atoms with van der Waals surface area (Å²) in [6.45, 7) is 7.22. The number of hydrogen-bond acceptors (Lipinski definition) is 3. The van der Waals surface area contributed by atoms with Gasteiger partial charge in [-0.1, -0.05) is 28.1 Å². The molecule has 1 aromatic carbocycles. The second-order valence-electron chi connectivity index (χ2n) is 5.82. The van der Waals surface area contributed by atoms with Crippen LogP contribution in [-0.4, -0.2) is 36.4 Å². The van der Waals surface area contributed by atoms with Crippen molar-refractivity contribution in [1.29, 1.82) is 0 Å². The molecule has 1 atom stereocenters. The largest absolute Gasteiger partial charge is 0.444 e. The molecule has 1 aliphatic heterocycles. The zero-order valence-electron chi connectivity index (χ0n) is 12.1. The highest BCUT2D eigenvalue weighted by Gasteiger charge is 2.31. The average molecular weight is 342 g/mol. The highest BCUT2D eigenvalue weighted by atomic mass is 79.9. The predicted octanol–water partition coefficient (Wildman–Crippen LogP) is 3.76. The number of rotatable bonds is 1. The highest BCUT2D eigenvalue weighted by Crippen LogP contribution is 2.27. The van der Waals surface area contributed by atoms with Gasteiger partial charge in [0.15, 0.2) is 0 Å². The minimum absolute atomic E-state index is 0.0910. The monoisotopic (exact) mass is 341 g/mol. The number of hydrogen-bond donors (Lipinski definition) is 0. The Morgan fingerprint density at radius 1 is 1.35 bits per heavy atom. The lowest BCUT2D eigenvalue weighted by Crippen LogP contribution is -2.45. The summed E-state index contributed by atoms with van der Waals surface area (Å²) < 4.78 is 12.0. The Balaban J connectivity index is 2.16. The van der Waals surface area contributed by atoms with Crippen LogP contribution in [0, 0.1) is 0 Å². The normalized spacial score (nSPS) is 19.8. The molecule has 1 fully saturated rings. The molecule has 110 valence electrons. The van der Waals surface area contributed by atoms with E-state index in [2.05, 4.69) is 15.9 Å². The Hall–Kier alpha value is -1.07. The zero-order valence-corrected chi connectivity index (χ0v) is 13.6. The molecular weight excluding hydrogens is 322 g/mol. The van der Waals surface area contributed by atoms with Gasteiger partial charge >= 0.3 is 6.09 Å². The van der Waals surface area contributed by atoms with Crippen LogP contribution in [0.3, 0.4) is 0 Å². The smallest absolute Gasteiger partial charge is 0.410 e. The van der Waals surface area contributed by atoms with E-state index < -0.39 is 5.60 Å². The van der Waals surface area contributed by atoms with Gasteiger partial charge in [-0.05, 0) is 38.5 Å². The first-order valence-electron chi connectivity index (χ1n) is 6.70. The molecule has 1 saturated heterocycles. The summed E-state index contributed by atoms with van der Waals surface area (Å²) in [7, 11) is 0. The van der Waals surface area contributed by atoms with Crippen LogP contribution in [0.25, 0.3) is 0 Å². The van der Waals surface area contributed by atoms with Crippen molar-refractivity contribution in [3.05, 3.63) is 34.3 Å². The fourth-order valence-corrected chi connectivity index (χ4v) is 2.37. The Labute approximate surface area is 128 Å². The molecule has 0 saturated carbocycles. The van der Waals surface area contributed by atoms with E-state index in [0.29, 0.717) is 19.8 Å². The van der Waals surface area contributed by atoms with E-state index in [1.807, 2.05) is 45.0 Å². The van der Waals surface area contributed by atoms with Gasteiger partial charge in [0, 0.05) is 11.0 Å². The van der Waals surface area contributed by atoms with E-state index >= 15 is 0 Å². The van der Waals surface area contributed by atoms with Crippen LogP contribution in [-0.2, 0) is 9.47 Å². The van der Waals surface area contributed by atoms with Crippen molar-refractivity contribution in [3.63, 3.8) is 0 Å². The Morgan fingerprint density at radius 2 is 2.00 bits per heavy atom. The van der Waals surface area contributed by atoms with E-state index in [-0.39, 0.29) is 12.1 Å². The third-order valence-corrected chi connectivity index (χ3v) is 3.54. The summed E-state index contributed by atoms with van der Waals surface area (Å²) in [6, 6.07) is 7.85. The molecule has 1 aromatic rings. The number of morpholine rings is 1. The predicted molar refractivity (Wildman–Crippen MR) is 80.6 cm³/mol. The topological polar surface area (TPSA) is 38.8 Å². The quantitative estimate of drug-likeness (QED) is 0.780. The van der Waals surface area contributed by atoms with Crippen LogP contribution in [0.4, 0.5) is 4.79 Å². The van der Waals surface area contributed by atoms with E-state index in [1.165, 1.54) is 0 Å². The summed E-state index contributed by atoms with van der Waals surface area (Å²) in [6.07, 6.45) is -0.284. The van der Waals surface area contributed by atoms with Gasteiger partial charge in [0.1, 0.15) is 5.60 Å². The SMILES string of the molecule is CC(C)(C)OC(=O)N1CCOC[C@@H]1c1ccc(Br)cc1. The second-order valence-corrected chi connectivity index (χ2v) is 6.73. The summed E-state index contributed by atoms with van der Waals surface area (Å²) in [5.41, 5.74) is 0.568. The van der Waals surface area contributed by atoms with Gasteiger partial charge in [0.05, 0.1) is 19.3 Å². The van der Waals surface area contributed by atoms with Gasteiger partial charge in [0.2, 0.25) is 0 Å². The number of ether oxygens (including phenoxy) is 2. The van der Waals surface area contributed by atoms with E-state index in [0.717, 1.165) is 10.0 Å². The number of amides is 1. The molecule has 4 nitrogen and oxygen atoms in total. The number of carbonyl (C=O) groups excluding carboxylic acids is 1. The maximum atomic E-state index is 12.3. The lowest BCUT2D eigenvalue weighted by atomic mass is 10.1. The fraction of sp³-hybridized carbons (Fsp3) is 0.533. The summed E-state index contributed by atoms with van der Waals surface area (Å²) in [5, 5.41) is 0. The number of benzene rings is 1. The van der Waals surface area contributed by atoms with E-state index in [9.17, 15) is 4.79 Å². The molecule has 20 heavy (non-hydrogen) atoms. The van der Waals surface area contributed by atoms with Gasteiger partial charge in [-0.25, -0.2) is 4.79 Å². The standard InChI is InChI=1S/C15H20BrNO3/c1-15(2,3)20-14(18)17-8-9-19-10-13(17)11-4-6-12(16)7-5-11/h4-7,13H,8-10H2,1-3H3/t13-/m1/s1. The molecule has 0 bridgehead atoms. The van der Waals surface area contributed by atoms with E-state index in [4.69, 9.17) is 9.47 Å². The van der Waals surface area contributed by atoms with Crippen LogP contribution >= 0.6 is 15.9 Å². The first-order chi connectivity index (χ1) is 9.37. The first-order valence-corrected chi connectivity index (χ1v) is 7.49. The minimum Gasteiger partial charge on any atom is -0.444 e. The van der Waals surface area contributed by atoms with Crippen LogP contribution in [0.5, 0.6) is 0 Å². The van der Waals surface area contributed by atoms with Gasteiger partial charge in [-0.2, -0.15) is 0 Å². The molecule has 2 rings (SSSR count). The van der Waals surface area contributed by atoms with Crippen LogP contribution in [0.1, 0.15) is 32.4 Å². The highest BCUT2D eigenvalue weighted by molar-refractivity contribution is 9.10. The minimum atomic E-state index is -0.486. The number of carbonyl (C=O) groups is 1. The molecular formula is C15H20BrNO3. The third kappa shape index (κ3) is 3.96. The fourth-order valence-electron chi connectivity index (χ4n) is 2.10. The van der Waals surface area contributed by atoms with Gasteiger partial charge in [0.25, 0.3) is 0 Å². The van der Waals surface area contributed by atoms with Crippen LogP contribution in [0.15, 0.2) is 28.7 Å². The molecule has 0 unspecified atom stereocenters. The van der Waals surface area contributed by atoms with Crippen LogP contribution < -0.4 is 0 Å². The lowest BCUT2D eigenvalue weighted by Gasteiger charge is -2.36. The van der Waals surface area contributed by atoms with Crippen molar-refractivity contribution in [3.8, 4) is 0 Å². The molecule has 0 aromatic heterocycles. The van der Waals surface area contributed by atoms with Crippen molar-refractivity contribution < 1.29 is 14.3 Å². The summed E-state index contributed by atoms with van der Waals surface area (Å²) in [4.78, 5) is 14.1. The molecule has 0 aliphatic carbocycles. The Morgan fingerprint density at radius 3 is 2.60 bits per heavy atom. The molecule has 1 amide bonds.